The van der Waals surface area contributed by atoms with E-state index < -0.39 is 5.91 Å². The van der Waals surface area contributed by atoms with Crippen LogP contribution in [-0.4, -0.2) is 18.4 Å². The Bertz CT molecular complexity index is 806. The fourth-order valence-corrected chi connectivity index (χ4v) is 1.98. The molecular weight excluding hydrogens is 318 g/mol. The van der Waals surface area contributed by atoms with Crippen molar-refractivity contribution in [2.24, 2.45) is 5.73 Å². The van der Waals surface area contributed by atoms with Gasteiger partial charge in [0.15, 0.2) is 6.61 Å². The van der Waals surface area contributed by atoms with E-state index in [1.165, 1.54) is 6.08 Å². The van der Waals surface area contributed by atoms with Crippen molar-refractivity contribution in [3.05, 3.63) is 71.3 Å². The monoisotopic (exact) mass is 335 g/mol. The molecule has 2 amide bonds. The van der Waals surface area contributed by atoms with Crippen LogP contribution < -0.4 is 15.8 Å². The second-order valence-corrected chi connectivity index (χ2v) is 5.15. The number of carbonyl (C=O) groups excluding carboxylic acids is 2. The second-order valence-electron chi connectivity index (χ2n) is 5.15. The molecule has 2 rings (SSSR count). The first kappa shape index (κ1) is 17.8. The highest BCUT2D eigenvalue weighted by molar-refractivity contribution is 6.00. The zero-order valence-corrected chi connectivity index (χ0v) is 13.4. The van der Waals surface area contributed by atoms with Crippen molar-refractivity contribution in [1.82, 2.24) is 5.32 Å². The molecule has 0 heterocycles. The highest BCUT2D eigenvalue weighted by Crippen LogP contribution is 2.14. The predicted octanol–water partition coefficient (Wildman–Crippen LogP) is 1.77. The topological polar surface area (TPSA) is 105 Å². The number of amides is 2. The van der Waals surface area contributed by atoms with Crippen LogP contribution >= 0.6 is 0 Å². The van der Waals surface area contributed by atoms with Gasteiger partial charge >= 0.3 is 0 Å². The molecule has 0 saturated carbocycles. The Labute approximate surface area is 145 Å². The van der Waals surface area contributed by atoms with Crippen molar-refractivity contribution >= 4 is 17.9 Å². The van der Waals surface area contributed by atoms with Crippen LogP contribution in [0.1, 0.15) is 11.1 Å². The lowest BCUT2D eigenvalue weighted by atomic mass is 10.1. The van der Waals surface area contributed by atoms with Gasteiger partial charge in [-0.3, -0.25) is 9.59 Å². The largest absolute Gasteiger partial charge is 0.484 e. The highest BCUT2D eigenvalue weighted by atomic mass is 16.5. The average molecular weight is 335 g/mol. The number of hydrogen-bond acceptors (Lipinski definition) is 4. The third-order valence-electron chi connectivity index (χ3n) is 3.28. The molecule has 0 atom stereocenters. The minimum absolute atomic E-state index is 0.104. The molecule has 0 aliphatic rings. The van der Waals surface area contributed by atoms with E-state index in [-0.39, 0.29) is 18.1 Å². The normalized spacial score (nSPS) is 10.6. The number of nitrogens with zero attached hydrogens (tertiary/aromatic N) is 1. The van der Waals surface area contributed by atoms with Crippen LogP contribution in [0.4, 0.5) is 0 Å². The molecule has 0 bridgehead atoms. The molecule has 0 aromatic heterocycles. The van der Waals surface area contributed by atoms with Crippen molar-refractivity contribution in [3.63, 3.8) is 0 Å². The summed E-state index contributed by atoms with van der Waals surface area (Å²) in [6, 6.07) is 17.9. The standard InChI is InChI=1S/C19H17N3O3/c20-11-16(19(21)24)10-14-6-8-17(9-7-14)25-13-18(23)22-12-15-4-2-1-3-5-15/h1-10H,12-13H2,(H2,21,24)(H,22,23)/b16-10+. The first-order valence-corrected chi connectivity index (χ1v) is 7.53. The molecule has 6 heteroatoms. The summed E-state index contributed by atoms with van der Waals surface area (Å²) in [7, 11) is 0. The summed E-state index contributed by atoms with van der Waals surface area (Å²) in [5.74, 6) is -0.504. The molecule has 0 fully saturated rings. The Balaban J connectivity index is 1.84. The van der Waals surface area contributed by atoms with Gasteiger partial charge in [-0.1, -0.05) is 42.5 Å². The fraction of sp³-hybridized carbons (Fsp3) is 0.105. The number of nitriles is 1. The van der Waals surface area contributed by atoms with E-state index in [2.05, 4.69) is 5.32 Å². The van der Waals surface area contributed by atoms with E-state index >= 15 is 0 Å². The van der Waals surface area contributed by atoms with Crippen molar-refractivity contribution < 1.29 is 14.3 Å². The molecule has 126 valence electrons. The molecule has 25 heavy (non-hydrogen) atoms. The summed E-state index contributed by atoms with van der Waals surface area (Å²) < 4.78 is 5.40. The van der Waals surface area contributed by atoms with Crippen LogP contribution in [0.3, 0.4) is 0 Å². The number of nitrogens with two attached hydrogens (primary N) is 1. The van der Waals surface area contributed by atoms with Gasteiger partial charge in [0.1, 0.15) is 17.4 Å². The molecule has 0 radical (unpaired) electrons. The number of benzene rings is 2. The number of carbonyl (C=O) groups is 2. The minimum atomic E-state index is -0.780. The van der Waals surface area contributed by atoms with Crippen molar-refractivity contribution in [3.8, 4) is 11.8 Å². The van der Waals surface area contributed by atoms with Crippen molar-refractivity contribution in [2.45, 2.75) is 6.54 Å². The van der Waals surface area contributed by atoms with Crippen LogP contribution in [0.15, 0.2) is 60.2 Å². The van der Waals surface area contributed by atoms with Gasteiger partial charge in [-0.05, 0) is 29.3 Å². The number of nitrogens with one attached hydrogen (secondary N) is 1. The molecule has 0 unspecified atom stereocenters. The van der Waals surface area contributed by atoms with Gasteiger partial charge in [-0.15, -0.1) is 0 Å². The molecule has 6 nitrogen and oxygen atoms in total. The lowest BCUT2D eigenvalue weighted by Crippen LogP contribution is -2.28. The van der Waals surface area contributed by atoms with E-state index in [1.54, 1.807) is 30.3 Å². The van der Waals surface area contributed by atoms with Gasteiger partial charge in [0.05, 0.1) is 0 Å². The van der Waals surface area contributed by atoms with Crippen LogP contribution in [-0.2, 0) is 16.1 Å². The van der Waals surface area contributed by atoms with Crippen LogP contribution in [0.25, 0.3) is 6.08 Å². The molecule has 0 aliphatic heterocycles. The SMILES string of the molecule is N#C/C(=C\c1ccc(OCC(=O)NCc2ccccc2)cc1)C(N)=O. The van der Waals surface area contributed by atoms with E-state index in [9.17, 15) is 9.59 Å². The van der Waals surface area contributed by atoms with Crippen LogP contribution in [0.5, 0.6) is 5.75 Å². The second kappa shape index (κ2) is 8.89. The molecule has 2 aromatic rings. The third kappa shape index (κ3) is 5.84. The first-order chi connectivity index (χ1) is 12.1. The smallest absolute Gasteiger partial charge is 0.259 e. The van der Waals surface area contributed by atoms with Gasteiger partial charge in [0, 0.05) is 6.54 Å². The van der Waals surface area contributed by atoms with Crippen molar-refractivity contribution in [1.29, 1.82) is 5.26 Å². The van der Waals surface area contributed by atoms with Crippen LogP contribution in [0.2, 0.25) is 0 Å². The maximum Gasteiger partial charge on any atom is 0.259 e. The lowest BCUT2D eigenvalue weighted by molar-refractivity contribution is -0.123. The molecule has 3 N–H and O–H groups in total. The quantitative estimate of drug-likeness (QED) is 0.594. The Morgan fingerprint density at radius 3 is 2.40 bits per heavy atom. The average Bonchev–Trinajstić information content (AvgIpc) is 2.64. The summed E-state index contributed by atoms with van der Waals surface area (Å²) in [6.45, 7) is 0.337. The Morgan fingerprint density at radius 2 is 1.80 bits per heavy atom. The van der Waals surface area contributed by atoms with Gasteiger partial charge in [-0.2, -0.15) is 5.26 Å². The summed E-state index contributed by atoms with van der Waals surface area (Å²) in [5.41, 5.74) is 6.59. The number of rotatable bonds is 7. The van der Waals surface area contributed by atoms with Crippen LogP contribution in [0, 0.1) is 11.3 Å². The van der Waals surface area contributed by atoms with E-state index in [1.807, 2.05) is 30.3 Å². The predicted molar refractivity (Wildman–Crippen MR) is 93.0 cm³/mol. The zero-order chi connectivity index (χ0) is 18.1. The molecule has 2 aromatic carbocycles. The van der Waals surface area contributed by atoms with E-state index in [4.69, 9.17) is 15.7 Å². The maximum atomic E-state index is 11.8. The van der Waals surface area contributed by atoms with Gasteiger partial charge in [0.25, 0.3) is 11.8 Å². The Kier molecular flexibility index (Phi) is 6.32. The lowest BCUT2D eigenvalue weighted by Gasteiger charge is -2.08. The highest BCUT2D eigenvalue weighted by Gasteiger charge is 2.05. The maximum absolute atomic E-state index is 11.8. The van der Waals surface area contributed by atoms with Crippen molar-refractivity contribution in [2.75, 3.05) is 6.61 Å². The molecule has 0 spiro atoms. The van der Waals surface area contributed by atoms with E-state index in [0.717, 1.165) is 5.56 Å². The number of primary amides is 1. The molecular formula is C19H17N3O3. The fourth-order valence-electron chi connectivity index (χ4n) is 1.98. The number of ether oxygens (including phenoxy) is 1. The first-order valence-electron chi connectivity index (χ1n) is 7.53. The summed E-state index contributed by atoms with van der Waals surface area (Å²) in [5, 5.41) is 11.6. The molecule has 0 aliphatic carbocycles. The van der Waals surface area contributed by atoms with Gasteiger partial charge < -0.3 is 15.8 Å². The summed E-state index contributed by atoms with van der Waals surface area (Å²) in [6.07, 6.45) is 1.39. The van der Waals surface area contributed by atoms with Gasteiger partial charge in [-0.25, -0.2) is 0 Å². The summed E-state index contributed by atoms with van der Waals surface area (Å²) in [4.78, 5) is 22.8. The third-order valence-corrected chi connectivity index (χ3v) is 3.28. The summed E-state index contributed by atoms with van der Waals surface area (Å²) >= 11 is 0. The zero-order valence-electron chi connectivity index (χ0n) is 13.4. The Hall–Kier alpha value is -3.59. The minimum Gasteiger partial charge on any atom is -0.484 e. The molecule has 0 saturated heterocycles. The van der Waals surface area contributed by atoms with E-state index in [0.29, 0.717) is 17.9 Å². The van der Waals surface area contributed by atoms with Gasteiger partial charge in [0.2, 0.25) is 0 Å². The Morgan fingerprint density at radius 1 is 1.12 bits per heavy atom. The number of hydrogen-bond donors (Lipinski definition) is 2.